The average Bonchev–Trinajstić information content (AvgIpc) is 2.69. The fourth-order valence-electron chi connectivity index (χ4n) is 2.40. The van der Waals surface area contributed by atoms with E-state index < -0.39 is 11.6 Å². The van der Waals surface area contributed by atoms with Crippen molar-refractivity contribution in [3.05, 3.63) is 59.2 Å². The molecule has 3 rings (SSSR count). The third kappa shape index (κ3) is 2.11. The van der Waals surface area contributed by atoms with Crippen LogP contribution in [0.15, 0.2) is 36.4 Å². The average molecular weight is 274 g/mol. The molecule has 1 amide bonds. The number of nitrogens with zero attached hydrogens (tertiary/aromatic N) is 1. The van der Waals surface area contributed by atoms with Crippen LogP contribution in [0.1, 0.15) is 11.1 Å². The second kappa shape index (κ2) is 4.59. The predicted octanol–water partition coefficient (Wildman–Crippen LogP) is 2.64. The SMILES string of the molecule is Nc1ccc2c(c1)CC(=O)N2Cc1ccc(F)c(F)c1. The Labute approximate surface area is 114 Å². The summed E-state index contributed by atoms with van der Waals surface area (Å²) < 4.78 is 26.1. The summed E-state index contributed by atoms with van der Waals surface area (Å²) >= 11 is 0. The monoisotopic (exact) mass is 274 g/mol. The fraction of sp³-hybridized carbons (Fsp3) is 0.133. The van der Waals surface area contributed by atoms with E-state index in [0.29, 0.717) is 11.3 Å². The minimum Gasteiger partial charge on any atom is -0.399 e. The van der Waals surface area contributed by atoms with Gasteiger partial charge in [-0.1, -0.05) is 6.07 Å². The number of fused-ring (bicyclic) bond motifs is 1. The van der Waals surface area contributed by atoms with Gasteiger partial charge in [-0.2, -0.15) is 0 Å². The van der Waals surface area contributed by atoms with Crippen molar-refractivity contribution in [1.29, 1.82) is 0 Å². The van der Waals surface area contributed by atoms with Gasteiger partial charge in [-0.15, -0.1) is 0 Å². The van der Waals surface area contributed by atoms with Gasteiger partial charge in [-0.05, 0) is 41.5 Å². The summed E-state index contributed by atoms with van der Waals surface area (Å²) in [6.07, 6.45) is 0.282. The highest BCUT2D eigenvalue weighted by Gasteiger charge is 2.27. The van der Waals surface area contributed by atoms with Crippen LogP contribution < -0.4 is 10.6 Å². The van der Waals surface area contributed by atoms with Crippen LogP contribution in [-0.2, 0) is 17.8 Å². The Morgan fingerprint density at radius 3 is 2.65 bits per heavy atom. The van der Waals surface area contributed by atoms with E-state index in [1.165, 1.54) is 6.07 Å². The Bertz CT molecular complexity index is 700. The van der Waals surface area contributed by atoms with Crippen molar-refractivity contribution in [2.75, 3.05) is 10.6 Å². The van der Waals surface area contributed by atoms with Crippen LogP contribution >= 0.6 is 0 Å². The summed E-state index contributed by atoms with van der Waals surface area (Å²) in [7, 11) is 0. The van der Waals surface area contributed by atoms with Crippen LogP contribution in [0.25, 0.3) is 0 Å². The molecule has 0 aliphatic carbocycles. The summed E-state index contributed by atoms with van der Waals surface area (Å²) in [6, 6.07) is 8.90. The van der Waals surface area contributed by atoms with E-state index in [4.69, 9.17) is 5.73 Å². The molecule has 3 nitrogen and oxygen atoms in total. The first-order valence-electron chi connectivity index (χ1n) is 6.17. The van der Waals surface area contributed by atoms with E-state index in [1.807, 2.05) is 0 Å². The smallest absolute Gasteiger partial charge is 0.231 e. The first kappa shape index (κ1) is 12.6. The number of halogens is 2. The van der Waals surface area contributed by atoms with Gasteiger partial charge in [0.1, 0.15) is 0 Å². The molecule has 2 N–H and O–H groups in total. The lowest BCUT2D eigenvalue weighted by molar-refractivity contribution is -0.117. The van der Waals surface area contributed by atoms with Crippen molar-refractivity contribution in [3.63, 3.8) is 0 Å². The second-order valence-corrected chi connectivity index (χ2v) is 4.79. The Balaban J connectivity index is 1.92. The molecule has 0 atom stereocenters. The van der Waals surface area contributed by atoms with Crippen molar-refractivity contribution >= 4 is 17.3 Å². The van der Waals surface area contributed by atoms with E-state index in [1.54, 1.807) is 23.1 Å². The van der Waals surface area contributed by atoms with Crippen molar-refractivity contribution in [3.8, 4) is 0 Å². The van der Waals surface area contributed by atoms with E-state index in [9.17, 15) is 13.6 Å². The highest BCUT2D eigenvalue weighted by atomic mass is 19.2. The Morgan fingerprint density at radius 2 is 1.90 bits per heavy atom. The normalized spacial score (nSPS) is 13.7. The molecule has 0 saturated carbocycles. The van der Waals surface area contributed by atoms with Crippen LogP contribution in [0.2, 0.25) is 0 Å². The number of hydrogen-bond acceptors (Lipinski definition) is 2. The molecular weight excluding hydrogens is 262 g/mol. The topological polar surface area (TPSA) is 46.3 Å². The number of carbonyl (C=O) groups is 1. The Kier molecular flexibility index (Phi) is 2.89. The van der Waals surface area contributed by atoms with E-state index in [-0.39, 0.29) is 18.9 Å². The molecule has 1 aliphatic rings. The van der Waals surface area contributed by atoms with Crippen molar-refractivity contribution in [1.82, 2.24) is 0 Å². The molecular formula is C15H12F2N2O. The zero-order chi connectivity index (χ0) is 14.3. The summed E-state index contributed by atoms with van der Waals surface area (Å²) in [5, 5.41) is 0. The molecule has 0 spiro atoms. The minimum atomic E-state index is -0.910. The van der Waals surface area contributed by atoms with E-state index >= 15 is 0 Å². The highest BCUT2D eigenvalue weighted by molar-refractivity contribution is 6.01. The Morgan fingerprint density at radius 1 is 1.10 bits per heavy atom. The molecule has 0 unspecified atom stereocenters. The third-order valence-electron chi connectivity index (χ3n) is 3.36. The van der Waals surface area contributed by atoms with Gasteiger partial charge in [0.05, 0.1) is 13.0 Å². The number of carbonyl (C=O) groups excluding carboxylic acids is 1. The van der Waals surface area contributed by atoms with Crippen molar-refractivity contribution in [2.45, 2.75) is 13.0 Å². The largest absolute Gasteiger partial charge is 0.399 e. The van der Waals surface area contributed by atoms with E-state index in [0.717, 1.165) is 23.4 Å². The fourth-order valence-corrected chi connectivity index (χ4v) is 2.40. The number of benzene rings is 2. The Hall–Kier alpha value is -2.43. The summed E-state index contributed by atoms with van der Waals surface area (Å²) in [6.45, 7) is 0.215. The quantitative estimate of drug-likeness (QED) is 0.856. The molecule has 102 valence electrons. The molecule has 0 radical (unpaired) electrons. The van der Waals surface area contributed by atoms with Crippen molar-refractivity contribution in [2.24, 2.45) is 0 Å². The molecule has 20 heavy (non-hydrogen) atoms. The molecule has 2 aromatic rings. The third-order valence-corrected chi connectivity index (χ3v) is 3.36. The van der Waals surface area contributed by atoms with Crippen molar-refractivity contribution < 1.29 is 13.6 Å². The minimum absolute atomic E-state index is 0.0738. The number of anilines is 2. The number of rotatable bonds is 2. The summed E-state index contributed by atoms with van der Waals surface area (Å²) in [4.78, 5) is 13.6. The summed E-state index contributed by atoms with van der Waals surface area (Å²) in [5.41, 5.74) is 8.47. The van der Waals surface area contributed by atoms with Gasteiger partial charge in [0.2, 0.25) is 5.91 Å². The van der Waals surface area contributed by atoms with Gasteiger partial charge in [0.25, 0.3) is 0 Å². The molecule has 2 aromatic carbocycles. The van der Waals surface area contributed by atoms with Crippen LogP contribution in [-0.4, -0.2) is 5.91 Å². The molecule has 0 saturated heterocycles. The van der Waals surface area contributed by atoms with E-state index in [2.05, 4.69) is 0 Å². The zero-order valence-electron chi connectivity index (χ0n) is 10.6. The highest BCUT2D eigenvalue weighted by Crippen LogP contribution is 2.31. The standard InChI is InChI=1S/C15H12F2N2O/c16-12-3-1-9(5-13(12)17)8-19-14-4-2-11(18)6-10(14)7-15(19)20/h1-6H,7-8,18H2. The lowest BCUT2D eigenvalue weighted by Crippen LogP contribution is -2.26. The van der Waals surface area contributed by atoms with Gasteiger partial charge in [-0.3, -0.25) is 4.79 Å². The molecule has 0 bridgehead atoms. The number of hydrogen-bond donors (Lipinski definition) is 1. The predicted molar refractivity (Wildman–Crippen MR) is 72.1 cm³/mol. The maximum absolute atomic E-state index is 13.2. The molecule has 1 aliphatic heterocycles. The first-order valence-corrected chi connectivity index (χ1v) is 6.17. The van der Waals surface area contributed by atoms with Crippen LogP contribution in [0.4, 0.5) is 20.2 Å². The maximum Gasteiger partial charge on any atom is 0.231 e. The maximum atomic E-state index is 13.2. The van der Waals surface area contributed by atoms with Gasteiger partial charge < -0.3 is 10.6 Å². The lowest BCUT2D eigenvalue weighted by Gasteiger charge is -2.17. The molecule has 1 heterocycles. The summed E-state index contributed by atoms with van der Waals surface area (Å²) in [5.74, 6) is -1.88. The number of amides is 1. The molecule has 0 fully saturated rings. The lowest BCUT2D eigenvalue weighted by atomic mass is 10.1. The van der Waals surface area contributed by atoms with Gasteiger partial charge >= 0.3 is 0 Å². The van der Waals surface area contributed by atoms with Crippen LogP contribution in [0.5, 0.6) is 0 Å². The van der Waals surface area contributed by atoms with Crippen LogP contribution in [0, 0.1) is 11.6 Å². The molecule has 5 heteroatoms. The van der Waals surface area contributed by atoms with Gasteiger partial charge in [0.15, 0.2) is 11.6 Å². The second-order valence-electron chi connectivity index (χ2n) is 4.79. The first-order chi connectivity index (χ1) is 9.54. The van der Waals surface area contributed by atoms with Gasteiger partial charge in [0, 0.05) is 11.4 Å². The zero-order valence-corrected chi connectivity index (χ0v) is 10.6. The number of nitrogens with two attached hydrogens (primary N) is 1. The van der Waals surface area contributed by atoms with Crippen LogP contribution in [0.3, 0.4) is 0 Å². The van der Waals surface area contributed by atoms with Gasteiger partial charge in [-0.25, -0.2) is 8.78 Å². The number of nitrogen functional groups attached to an aromatic ring is 1. The molecule has 0 aromatic heterocycles.